The molecule has 2 aromatic carbocycles. The molecule has 0 aliphatic carbocycles. The number of nitrogens with one attached hydrogen (secondary N) is 1. The van der Waals surface area contributed by atoms with Crippen molar-refractivity contribution in [3.63, 3.8) is 0 Å². The molecule has 0 fully saturated rings. The molecule has 0 saturated heterocycles. The number of rotatable bonds is 0. The van der Waals surface area contributed by atoms with Crippen LogP contribution in [0.4, 0.5) is 11.4 Å². The molecule has 1 N–H and O–H groups in total. The minimum atomic E-state index is 0. The van der Waals surface area contributed by atoms with Crippen LogP contribution >= 0.6 is 24.2 Å². The van der Waals surface area contributed by atoms with Gasteiger partial charge in [-0.3, -0.25) is 0 Å². The molecule has 0 unspecified atom stereocenters. The van der Waals surface area contributed by atoms with Crippen molar-refractivity contribution < 1.29 is 17.1 Å². The first-order valence-corrected chi connectivity index (χ1v) is 5.38. The number of anilines is 2. The minimum absolute atomic E-state index is 0. The third-order valence-corrected chi connectivity index (χ3v) is 3.42. The molecule has 87 valence electrons. The zero-order valence-electron chi connectivity index (χ0n) is 8.24. The van der Waals surface area contributed by atoms with E-state index in [0.717, 1.165) is 0 Å². The van der Waals surface area contributed by atoms with E-state index in [1.165, 1.54) is 21.2 Å². The fourth-order valence-corrected chi connectivity index (χ4v) is 2.57. The van der Waals surface area contributed by atoms with Gasteiger partial charge in [-0.25, -0.2) is 0 Å². The Labute approximate surface area is 116 Å². The van der Waals surface area contributed by atoms with Crippen LogP contribution in [-0.4, -0.2) is 0 Å². The van der Waals surface area contributed by atoms with Crippen LogP contribution in [0, 0.1) is 0 Å². The van der Waals surface area contributed by atoms with Gasteiger partial charge in [0.15, 0.2) is 0 Å². The average Bonchev–Trinajstić information content (AvgIpc) is 2.26. The molecule has 0 amide bonds. The van der Waals surface area contributed by atoms with Crippen LogP contribution < -0.4 is 5.32 Å². The van der Waals surface area contributed by atoms with Gasteiger partial charge in [0.1, 0.15) is 0 Å². The van der Waals surface area contributed by atoms with Gasteiger partial charge in [-0.1, -0.05) is 36.0 Å². The van der Waals surface area contributed by atoms with Crippen molar-refractivity contribution in [2.75, 3.05) is 5.32 Å². The van der Waals surface area contributed by atoms with Crippen LogP contribution in [0.15, 0.2) is 58.3 Å². The number of halogens is 1. The van der Waals surface area contributed by atoms with E-state index in [1.54, 1.807) is 0 Å². The molecule has 1 nitrogen and oxygen atoms in total. The molecule has 2 aromatic rings. The topological polar surface area (TPSA) is 12.0 Å². The Bertz CT molecular complexity index is 402. The van der Waals surface area contributed by atoms with Crippen LogP contribution in [0.3, 0.4) is 0 Å². The van der Waals surface area contributed by atoms with Crippen LogP contribution in [0.2, 0.25) is 0 Å². The van der Waals surface area contributed by atoms with Gasteiger partial charge in [-0.2, -0.15) is 0 Å². The summed E-state index contributed by atoms with van der Waals surface area (Å²) in [5.74, 6) is 0. The van der Waals surface area contributed by atoms with E-state index in [-0.39, 0.29) is 29.5 Å². The molecule has 1 aliphatic heterocycles. The fourth-order valence-electron chi connectivity index (χ4n) is 1.58. The van der Waals surface area contributed by atoms with Gasteiger partial charge in [0.2, 0.25) is 0 Å². The molecule has 1 radical (unpaired) electrons. The Morgan fingerprint density at radius 1 is 0.750 bits per heavy atom. The quantitative estimate of drug-likeness (QED) is 0.621. The monoisotopic (exact) mass is 298 g/mol. The van der Waals surface area contributed by atoms with Crippen molar-refractivity contribution in [1.82, 2.24) is 0 Å². The van der Waals surface area contributed by atoms with Gasteiger partial charge in [0.05, 0.1) is 11.4 Å². The summed E-state index contributed by atoms with van der Waals surface area (Å²) in [6.45, 7) is 0. The summed E-state index contributed by atoms with van der Waals surface area (Å²) in [6, 6.07) is 16.8. The van der Waals surface area contributed by atoms with Gasteiger partial charge < -0.3 is 5.32 Å². The van der Waals surface area contributed by atoms with Crippen molar-refractivity contribution in [2.24, 2.45) is 0 Å². The Balaban J connectivity index is 0.000000640. The maximum Gasteiger partial charge on any atom is 0.0526 e. The molecule has 0 bridgehead atoms. The first-order valence-electron chi connectivity index (χ1n) is 4.56. The summed E-state index contributed by atoms with van der Waals surface area (Å²) in [4.78, 5) is 2.59. The second-order valence-electron chi connectivity index (χ2n) is 3.22. The summed E-state index contributed by atoms with van der Waals surface area (Å²) in [6.07, 6.45) is 0. The standard InChI is InChI=1S/C12H9NS.ClH.Cu/c1-3-7-11-9(5-1)13-10-6-2-4-8-12(10)14-11;;/h1-8,13H;1H;. The third kappa shape index (κ3) is 2.38. The Morgan fingerprint density at radius 2 is 1.19 bits per heavy atom. The Hall–Kier alpha value is -0.601. The van der Waals surface area contributed by atoms with Crippen LogP contribution in [0.1, 0.15) is 0 Å². The van der Waals surface area contributed by atoms with Crippen molar-refractivity contribution in [1.29, 1.82) is 0 Å². The van der Waals surface area contributed by atoms with E-state index in [0.29, 0.717) is 0 Å². The predicted octanol–water partition coefficient (Wildman–Crippen LogP) is 4.31. The largest absolute Gasteiger partial charge is 0.354 e. The van der Waals surface area contributed by atoms with Crippen molar-refractivity contribution in [3.8, 4) is 0 Å². The van der Waals surface area contributed by atoms with Crippen molar-refractivity contribution >= 4 is 35.5 Å². The molecule has 0 saturated carbocycles. The maximum absolute atomic E-state index is 3.42. The number of fused-ring (bicyclic) bond motifs is 2. The van der Waals surface area contributed by atoms with Gasteiger partial charge >= 0.3 is 0 Å². The van der Waals surface area contributed by atoms with E-state index in [2.05, 4.69) is 53.8 Å². The molecule has 0 spiro atoms. The molecular weight excluding hydrogens is 289 g/mol. The van der Waals surface area contributed by atoms with Crippen LogP contribution in [0.25, 0.3) is 0 Å². The van der Waals surface area contributed by atoms with Gasteiger partial charge in [-0.05, 0) is 24.3 Å². The van der Waals surface area contributed by atoms with Gasteiger partial charge in [-0.15, -0.1) is 12.4 Å². The zero-order valence-corrected chi connectivity index (χ0v) is 10.8. The summed E-state index contributed by atoms with van der Waals surface area (Å²) >= 11 is 1.82. The number of benzene rings is 2. The zero-order chi connectivity index (χ0) is 9.38. The van der Waals surface area contributed by atoms with E-state index in [1.807, 2.05) is 11.8 Å². The summed E-state index contributed by atoms with van der Waals surface area (Å²) in [5, 5.41) is 3.42. The molecule has 1 aliphatic rings. The fraction of sp³-hybridized carbons (Fsp3) is 0. The molecule has 0 atom stereocenters. The molecule has 3 rings (SSSR count). The SMILES string of the molecule is Cl.[Cu].c1ccc2c(c1)Nc1ccccc1S2. The van der Waals surface area contributed by atoms with E-state index in [9.17, 15) is 0 Å². The number of hydrogen-bond donors (Lipinski definition) is 1. The number of hydrogen-bond acceptors (Lipinski definition) is 2. The van der Waals surface area contributed by atoms with Crippen molar-refractivity contribution in [2.45, 2.75) is 9.79 Å². The smallest absolute Gasteiger partial charge is 0.0526 e. The Morgan fingerprint density at radius 3 is 1.69 bits per heavy atom. The second-order valence-corrected chi connectivity index (χ2v) is 4.30. The second kappa shape index (κ2) is 5.65. The predicted molar refractivity (Wildman–Crippen MR) is 67.5 cm³/mol. The van der Waals surface area contributed by atoms with Gasteiger partial charge in [0, 0.05) is 26.9 Å². The molecule has 4 heteroatoms. The van der Waals surface area contributed by atoms with E-state index >= 15 is 0 Å². The minimum Gasteiger partial charge on any atom is -0.354 e. The van der Waals surface area contributed by atoms with Crippen LogP contribution in [0.5, 0.6) is 0 Å². The summed E-state index contributed by atoms with van der Waals surface area (Å²) < 4.78 is 0. The van der Waals surface area contributed by atoms with E-state index in [4.69, 9.17) is 0 Å². The maximum atomic E-state index is 3.42. The first kappa shape index (κ1) is 13.5. The Kier molecular flexibility index (Phi) is 4.75. The summed E-state index contributed by atoms with van der Waals surface area (Å²) in [5.41, 5.74) is 2.41. The van der Waals surface area contributed by atoms with Gasteiger partial charge in [0.25, 0.3) is 0 Å². The first-order chi connectivity index (χ1) is 6.93. The normalized spacial score (nSPS) is 11.0. The molecule has 0 aromatic heterocycles. The van der Waals surface area contributed by atoms with Crippen molar-refractivity contribution in [3.05, 3.63) is 48.5 Å². The third-order valence-electron chi connectivity index (χ3n) is 2.26. The van der Waals surface area contributed by atoms with Crippen LogP contribution in [-0.2, 0) is 17.1 Å². The number of para-hydroxylation sites is 2. The average molecular weight is 299 g/mol. The molecule has 16 heavy (non-hydrogen) atoms. The summed E-state index contributed by atoms with van der Waals surface area (Å²) in [7, 11) is 0. The van der Waals surface area contributed by atoms with E-state index < -0.39 is 0 Å². The molecular formula is C12H10ClCuNS. The molecule has 1 heterocycles.